The first-order valence-electron chi connectivity index (χ1n) is 9.52. The molecule has 1 aliphatic carbocycles. The highest BCUT2D eigenvalue weighted by molar-refractivity contribution is 5.99. The van der Waals surface area contributed by atoms with Crippen molar-refractivity contribution in [2.45, 2.75) is 45.1 Å². The van der Waals surface area contributed by atoms with E-state index in [-0.39, 0.29) is 44.0 Å². The van der Waals surface area contributed by atoms with E-state index in [1.54, 1.807) is 18.2 Å². The quantitative estimate of drug-likeness (QED) is 0.798. The van der Waals surface area contributed by atoms with Gasteiger partial charge >= 0.3 is 5.97 Å². The number of hydrogen-bond acceptors (Lipinski definition) is 5. The zero-order chi connectivity index (χ0) is 19.2. The van der Waals surface area contributed by atoms with E-state index < -0.39 is 5.97 Å². The summed E-state index contributed by atoms with van der Waals surface area (Å²) in [7, 11) is 0. The van der Waals surface area contributed by atoms with Gasteiger partial charge in [0.1, 0.15) is 12.3 Å². The van der Waals surface area contributed by atoms with E-state index in [0.29, 0.717) is 17.4 Å². The van der Waals surface area contributed by atoms with Crippen LogP contribution in [-0.4, -0.2) is 43.6 Å². The van der Waals surface area contributed by atoms with Gasteiger partial charge in [-0.3, -0.25) is 19.3 Å². The summed E-state index contributed by atoms with van der Waals surface area (Å²) >= 11 is 0. The fourth-order valence-corrected chi connectivity index (χ4v) is 3.59. The third-order valence-electron chi connectivity index (χ3n) is 5.14. The summed E-state index contributed by atoms with van der Waals surface area (Å²) in [6.45, 7) is 1.82. The Balaban J connectivity index is 1.52. The lowest BCUT2D eigenvalue weighted by Crippen LogP contribution is -2.43. The predicted octanol–water partition coefficient (Wildman–Crippen LogP) is 2.04. The van der Waals surface area contributed by atoms with Crippen LogP contribution in [0.25, 0.3) is 0 Å². The van der Waals surface area contributed by atoms with Crippen LogP contribution in [0.3, 0.4) is 0 Å². The number of fused-ring (bicyclic) bond motifs is 1. The molecule has 146 valence electrons. The molecule has 0 saturated heterocycles. The number of anilines is 1. The monoisotopic (exact) mass is 374 g/mol. The summed E-state index contributed by atoms with van der Waals surface area (Å²) in [5, 5.41) is 2.95. The Morgan fingerprint density at radius 1 is 1.26 bits per heavy atom. The highest BCUT2D eigenvalue weighted by Gasteiger charge is 2.26. The van der Waals surface area contributed by atoms with Crippen molar-refractivity contribution in [3.8, 4) is 5.75 Å². The third kappa shape index (κ3) is 4.99. The van der Waals surface area contributed by atoms with Crippen molar-refractivity contribution < 1.29 is 23.9 Å². The van der Waals surface area contributed by atoms with Crippen LogP contribution in [0.4, 0.5) is 5.69 Å². The first-order valence-corrected chi connectivity index (χ1v) is 9.52. The summed E-state index contributed by atoms with van der Waals surface area (Å²) in [6.07, 6.45) is 4.54. The molecule has 0 unspecified atom stereocenters. The molecule has 2 atom stereocenters. The maximum absolute atomic E-state index is 12.3. The molecule has 2 aliphatic rings. The van der Waals surface area contributed by atoms with Crippen LogP contribution in [0.5, 0.6) is 5.75 Å². The van der Waals surface area contributed by atoms with Gasteiger partial charge in [0, 0.05) is 6.04 Å². The molecule has 0 radical (unpaired) electrons. The van der Waals surface area contributed by atoms with Crippen LogP contribution in [0.1, 0.15) is 39.0 Å². The Labute approximate surface area is 159 Å². The fourth-order valence-electron chi connectivity index (χ4n) is 3.59. The van der Waals surface area contributed by atoms with E-state index in [1.165, 1.54) is 11.3 Å². The highest BCUT2D eigenvalue weighted by Crippen LogP contribution is 2.30. The first kappa shape index (κ1) is 19.2. The lowest BCUT2D eigenvalue weighted by atomic mass is 9.86. The second-order valence-electron chi connectivity index (χ2n) is 7.14. The number of nitrogens with zero attached hydrogens (tertiary/aromatic N) is 1. The van der Waals surface area contributed by atoms with Crippen molar-refractivity contribution in [3.63, 3.8) is 0 Å². The van der Waals surface area contributed by atoms with Gasteiger partial charge in [0.25, 0.3) is 5.91 Å². The van der Waals surface area contributed by atoms with Gasteiger partial charge < -0.3 is 14.8 Å². The van der Waals surface area contributed by atoms with Crippen molar-refractivity contribution in [1.29, 1.82) is 0 Å². The molecule has 3 rings (SSSR count). The molecular formula is C20H26N2O5. The number of rotatable bonds is 5. The molecule has 0 spiro atoms. The van der Waals surface area contributed by atoms with Crippen LogP contribution in [0.2, 0.25) is 0 Å². The topological polar surface area (TPSA) is 84.9 Å². The molecule has 1 heterocycles. The molecule has 1 fully saturated rings. The van der Waals surface area contributed by atoms with E-state index >= 15 is 0 Å². The summed E-state index contributed by atoms with van der Waals surface area (Å²) in [5.74, 6) is -0.137. The highest BCUT2D eigenvalue weighted by atomic mass is 16.5. The minimum absolute atomic E-state index is 0.140. The minimum atomic E-state index is -0.619. The van der Waals surface area contributed by atoms with E-state index in [9.17, 15) is 14.4 Å². The Morgan fingerprint density at radius 2 is 2.04 bits per heavy atom. The predicted molar refractivity (Wildman–Crippen MR) is 99.4 cm³/mol. The second-order valence-corrected chi connectivity index (χ2v) is 7.14. The number of para-hydroxylation sites is 2. The number of esters is 1. The van der Waals surface area contributed by atoms with Gasteiger partial charge in [0.2, 0.25) is 5.91 Å². The van der Waals surface area contributed by atoms with Gasteiger partial charge in [-0.2, -0.15) is 0 Å². The van der Waals surface area contributed by atoms with E-state index in [1.807, 2.05) is 6.07 Å². The number of benzene rings is 1. The van der Waals surface area contributed by atoms with Crippen molar-refractivity contribution in [2.24, 2.45) is 5.92 Å². The van der Waals surface area contributed by atoms with Crippen molar-refractivity contribution >= 4 is 23.5 Å². The van der Waals surface area contributed by atoms with Crippen LogP contribution in [0, 0.1) is 5.92 Å². The van der Waals surface area contributed by atoms with Gasteiger partial charge in [-0.05, 0) is 30.9 Å². The molecule has 1 aliphatic heterocycles. The lowest BCUT2D eigenvalue weighted by molar-refractivity contribution is -0.148. The number of ether oxygens (including phenoxy) is 2. The molecule has 1 aromatic carbocycles. The number of carbonyl (C=O) groups is 3. The van der Waals surface area contributed by atoms with Crippen LogP contribution in [0.15, 0.2) is 24.3 Å². The summed E-state index contributed by atoms with van der Waals surface area (Å²) < 4.78 is 10.6. The van der Waals surface area contributed by atoms with Gasteiger partial charge in [-0.25, -0.2) is 0 Å². The Kier molecular flexibility index (Phi) is 6.32. The first-order chi connectivity index (χ1) is 13.0. The molecule has 1 N–H and O–H groups in total. The molecule has 0 aromatic heterocycles. The van der Waals surface area contributed by atoms with Crippen molar-refractivity contribution in [2.75, 3.05) is 24.7 Å². The molecule has 1 saturated carbocycles. The third-order valence-corrected chi connectivity index (χ3v) is 5.14. The van der Waals surface area contributed by atoms with Gasteiger partial charge in [0.05, 0.1) is 18.7 Å². The van der Waals surface area contributed by atoms with E-state index in [0.717, 1.165) is 19.3 Å². The average molecular weight is 374 g/mol. The Bertz CT molecular complexity index is 705. The maximum Gasteiger partial charge on any atom is 0.326 e. The fraction of sp³-hybridized carbons (Fsp3) is 0.550. The van der Waals surface area contributed by atoms with Gasteiger partial charge in [-0.15, -0.1) is 0 Å². The molecular weight excluding hydrogens is 348 g/mol. The van der Waals surface area contributed by atoms with Crippen LogP contribution < -0.4 is 15.0 Å². The molecule has 7 heteroatoms. The second kappa shape index (κ2) is 8.88. The lowest BCUT2D eigenvalue weighted by Gasteiger charge is -2.29. The number of carbonyl (C=O) groups excluding carboxylic acids is 3. The van der Waals surface area contributed by atoms with Crippen LogP contribution >= 0.6 is 0 Å². The molecule has 2 amide bonds. The van der Waals surface area contributed by atoms with Crippen LogP contribution in [-0.2, 0) is 19.1 Å². The number of nitrogens with one attached hydrogen (secondary N) is 1. The minimum Gasteiger partial charge on any atom is -0.491 e. The SMILES string of the molecule is C[C@@H]1CCCC[C@H]1NC(=O)COC(=O)CN1C(=O)CCOc2ccccc21. The van der Waals surface area contributed by atoms with Crippen molar-refractivity contribution in [1.82, 2.24) is 5.32 Å². The standard InChI is InChI=1S/C20H26N2O5/c1-14-6-2-3-7-15(14)21-18(23)13-27-20(25)12-22-16-8-4-5-9-17(16)26-11-10-19(22)24/h4-5,8-9,14-15H,2-3,6-7,10-13H2,1H3,(H,21,23)/t14-,15-/m1/s1. The summed E-state index contributed by atoms with van der Waals surface area (Å²) in [6, 6.07) is 7.20. The van der Waals surface area contributed by atoms with Gasteiger partial charge in [-0.1, -0.05) is 31.9 Å². The molecule has 0 bridgehead atoms. The molecule has 1 aromatic rings. The Morgan fingerprint density at radius 3 is 2.85 bits per heavy atom. The normalized spacial score (nSPS) is 22.3. The molecule has 7 nitrogen and oxygen atoms in total. The molecule has 27 heavy (non-hydrogen) atoms. The zero-order valence-electron chi connectivity index (χ0n) is 15.6. The zero-order valence-corrected chi connectivity index (χ0v) is 15.6. The van der Waals surface area contributed by atoms with Crippen molar-refractivity contribution in [3.05, 3.63) is 24.3 Å². The number of hydrogen-bond donors (Lipinski definition) is 1. The smallest absolute Gasteiger partial charge is 0.326 e. The largest absolute Gasteiger partial charge is 0.491 e. The number of amides is 2. The van der Waals surface area contributed by atoms with E-state index in [4.69, 9.17) is 9.47 Å². The average Bonchev–Trinajstić information content (AvgIpc) is 2.81. The van der Waals surface area contributed by atoms with E-state index in [2.05, 4.69) is 12.2 Å². The maximum atomic E-state index is 12.3. The Hall–Kier alpha value is -2.57. The summed E-state index contributed by atoms with van der Waals surface area (Å²) in [5.41, 5.74) is 0.539. The summed E-state index contributed by atoms with van der Waals surface area (Å²) in [4.78, 5) is 37.9. The van der Waals surface area contributed by atoms with Gasteiger partial charge in [0.15, 0.2) is 6.61 Å².